The molecule has 1 heterocycles. The van der Waals surface area contributed by atoms with Crippen LogP contribution in [0.25, 0.3) is 0 Å². The first kappa shape index (κ1) is 18.4. The Morgan fingerprint density at radius 1 is 1.08 bits per heavy atom. The zero-order valence-electron chi connectivity index (χ0n) is 14.1. The van der Waals surface area contributed by atoms with E-state index in [1.165, 1.54) is 12.1 Å². The SMILES string of the molecule is O=C(Nc1cccc(C(F)(F)F)c1)c1cccc(CN2CCOCC2)c1. The minimum atomic E-state index is -4.45. The molecule has 3 rings (SSSR count). The van der Waals surface area contributed by atoms with Gasteiger partial charge in [-0.2, -0.15) is 13.2 Å². The van der Waals surface area contributed by atoms with Crippen LogP contribution in [-0.4, -0.2) is 37.1 Å². The topological polar surface area (TPSA) is 41.6 Å². The van der Waals surface area contributed by atoms with Gasteiger partial charge in [-0.25, -0.2) is 0 Å². The standard InChI is InChI=1S/C19H19F3N2O2/c20-19(21,22)16-5-2-6-17(12-16)23-18(25)15-4-1-3-14(11-15)13-24-7-9-26-10-8-24/h1-6,11-12H,7-10,13H2,(H,23,25). The van der Waals surface area contributed by atoms with Gasteiger partial charge < -0.3 is 10.1 Å². The van der Waals surface area contributed by atoms with E-state index in [9.17, 15) is 18.0 Å². The highest BCUT2D eigenvalue weighted by Gasteiger charge is 2.30. The normalized spacial score (nSPS) is 15.7. The zero-order valence-corrected chi connectivity index (χ0v) is 14.1. The fourth-order valence-electron chi connectivity index (χ4n) is 2.80. The zero-order chi connectivity index (χ0) is 18.6. The molecule has 26 heavy (non-hydrogen) atoms. The maximum Gasteiger partial charge on any atom is 0.416 e. The molecule has 1 aliphatic rings. The molecule has 138 valence electrons. The summed E-state index contributed by atoms with van der Waals surface area (Å²) in [7, 11) is 0. The molecule has 0 radical (unpaired) electrons. The van der Waals surface area contributed by atoms with Crippen LogP contribution >= 0.6 is 0 Å². The number of hydrogen-bond donors (Lipinski definition) is 1. The molecule has 0 unspecified atom stereocenters. The lowest BCUT2D eigenvalue weighted by Crippen LogP contribution is -2.35. The second-order valence-electron chi connectivity index (χ2n) is 6.12. The number of amides is 1. The summed E-state index contributed by atoms with van der Waals surface area (Å²) >= 11 is 0. The lowest BCUT2D eigenvalue weighted by atomic mass is 10.1. The molecule has 0 atom stereocenters. The first-order valence-electron chi connectivity index (χ1n) is 8.29. The number of nitrogens with zero attached hydrogens (tertiary/aromatic N) is 1. The average molecular weight is 364 g/mol. The van der Waals surface area contributed by atoms with E-state index in [1.807, 2.05) is 6.07 Å². The van der Waals surface area contributed by atoms with Crippen LogP contribution < -0.4 is 5.32 Å². The molecule has 1 aliphatic heterocycles. The molecule has 0 spiro atoms. The highest BCUT2D eigenvalue weighted by Crippen LogP contribution is 2.30. The van der Waals surface area contributed by atoms with Crippen molar-refractivity contribution in [1.29, 1.82) is 0 Å². The molecule has 1 fully saturated rings. The van der Waals surface area contributed by atoms with Gasteiger partial charge in [0.15, 0.2) is 0 Å². The lowest BCUT2D eigenvalue weighted by Gasteiger charge is -2.26. The second-order valence-corrected chi connectivity index (χ2v) is 6.12. The average Bonchev–Trinajstić information content (AvgIpc) is 2.62. The highest BCUT2D eigenvalue weighted by molar-refractivity contribution is 6.04. The number of morpholine rings is 1. The Balaban J connectivity index is 1.69. The molecule has 1 amide bonds. The number of anilines is 1. The Hall–Kier alpha value is -2.38. The third-order valence-electron chi connectivity index (χ3n) is 4.15. The van der Waals surface area contributed by atoms with Crippen molar-refractivity contribution < 1.29 is 22.7 Å². The molecular formula is C19H19F3N2O2. The lowest BCUT2D eigenvalue weighted by molar-refractivity contribution is -0.137. The Morgan fingerprint density at radius 3 is 2.54 bits per heavy atom. The number of carbonyl (C=O) groups excluding carboxylic acids is 1. The monoisotopic (exact) mass is 364 g/mol. The van der Waals surface area contributed by atoms with Gasteiger partial charge >= 0.3 is 6.18 Å². The van der Waals surface area contributed by atoms with Crippen LogP contribution in [0.3, 0.4) is 0 Å². The summed E-state index contributed by atoms with van der Waals surface area (Å²) in [6, 6.07) is 11.7. The Bertz CT molecular complexity index is 771. The first-order valence-corrected chi connectivity index (χ1v) is 8.29. The van der Waals surface area contributed by atoms with Gasteiger partial charge in [0, 0.05) is 30.9 Å². The van der Waals surface area contributed by atoms with Gasteiger partial charge in [0.2, 0.25) is 0 Å². The number of nitrogens with one attached hydrogen (secondary N) is 1. The van der Waals surface area contributed by atoms with E-state index < -0.39 is 17.6 Å². The Kier molecular flexibility index (Phi) is 5.58. The quantitative estimate of drug-likeness (QED) is 0.898. The van der Waals surface area contributed by atoms with Crippen molar-refractivity contribution in [3.63, 3.8) is 0 Å². The Morgan fingerprint density at radius 2 is 1.81 bits per heavy atom. The predicted octanol–water partition coefficient (Wildman–Crippen LogP) is 3.79. The number of ether oxygens (including phenoxy) is 1. The van der Waals surface area contributed by atoms with Crippen LogP contribution in [0.5, 0.6) is 0 Å². The van der Waals surface area contributed by atoms with Crippen LogP contribution in [0.1, 0.15) is 21.5 Å². The van der Waals surface area contributed by atoms with Crippen LogP contribution in [-0.2, 0) is 17.5 Å². The van der Waals surface area contributed by atoms with Gasteiger partial charge in [-0.1, -0.05) is 18.2 Å². The number of benzene rings is 2. The highest BCUT2D eigenvalue weighted by atomic mass is 19.4. The second kappa shape index (κ2) is 7.88. The molecular weight excluding hydrogens is 345 g/mol. The van der Waals surface area contributed by atoms with E-state index >= 15 is 0 Å². The van der Waals surface area contributed by atoms with Crippen molar-refractivity contribution in [3.05, 3.63) is 65.2 Å². The molecule has 0 aromatic heterocycles. The van der Waals surface area contributed by atoms with Crippen molar-refractivity contribution >= 4 is 11.6 Å². The summed E-state index contributed by atoms with van der Waals surface area (Å²) in [5, 5.41) is 2.53. The van der Waals surface area contributed by atoms with E-state index in [1.54, 1.807) is 18.2 Å². The number of alkyl halides is 3. The summed E-state index contributed by atoms with van der Waals surface area (Å²) < 4.78 is 43.6. The number of carbonyl (C=O) groups is 1. The van der Waals surface area contributed by atoms with Gasteiger partial charge in [0.1, 0.15) is 0 Å². The van der Waals surface area contributed by atoms with Gasteiger partial charge in [-0.15, -0.1) is 0 Å². The minimum Gasteiger partial charge on any atom is -0.379 e. The van der Waals surface area contributed by atoms with Gasteiger partial charge in [0.25, 0.3) is 5.91 Å². The van der Waals surface area contributed by atoms with Crippen molar-refractivity contribution in [2.45, 2.75) is 12.7 Å². The summed E-state index contributed by atoms with van der Waals surface area (Å²) in [6.45, 7) is 3.75. The van der Waals surface area contributed by atoms with E-state index in [2.05, 4.69) is 10.2 Å². The molecule has 0 aliphatic carbocycles. The molecule has 4 nitrogen and oxygen atoms in total. The summed E-state index contributed by atoms with van der Waals surface area (Å²) in [5.74, 6) is -0.437. The number of hydrogen-bond acceptors (Lipinski definition) is 3. The third-order valence-corrected chi connectivity index (χ3v) is 4.15. The van der Waals surface area contributed by atoms with E-state index in [0.717, 1.165) is 30.8 Å². The molecule has 2 aromatic rings. The molecule has 0 bridgehead atoms. The van der Waals surface area contributed by atoms with E-state index in [-0.39, 0.29) is 5.69 Å². The van der Waals surface area contributed by atoms with Gasteiger partial charge in [-0.3, -0.25) is 9.69 Å². The summed E-state index contributed by atoms with van der Waals surface area (Å²) in [5.41, 5.74) is 0.705. The fourth-order valence-corrected chi connectivity index (χ4v) is 2.80. The van der Waals surface area contributed by atoms with Gasteiger partial charge in [-0.05, 0) is 35.9 Å². The summed E-state index contributed by atoms with van der Waals surface area (Å²) in [4.78, 5) is 14.6. The van der Waals surface area contributed by atoms with Crippen molar-refractivity contribution in [2.75, 3.05) is 31.6 Å². The first-order chi connectivity index (χ1) is 12.4. The summed E-state index contributed by atoms with van der Waals surface area (Å²) in [6.07, 6.45) is -4.45. The predicted molar refractivity (Wildman–Crippen MR) is 91.9 cm³/mol. The molecule has 0 saturated carbocycles. The largest absolute Gasteiger partial charge is 0.416 e. The number of rotatable bonds is 4. The number of halogens is 3. The van der Waals surface area contributed by atoms with Crippen molar-refractivity contribution in [3.8, 4) is 0 Å². The molecule has 2 aromatic carbocycles. The maximum absolute atomic E-state index is 12.8. The maximum atomic E-state index is 12.8. The van der Waals surface area contributed by atoms with E-state index in [0.29, 0.717) is 25.3 Å². The molecule has 1 N–H and O–H groups in total. The fraction of sp³-hybridized carbons (Fsp3) is 0.316. The minimum absolute atomic E-state index is 0.114. The van der Waals surface area contributed by atoms with Gasteiger partial charge in [0.05, 0.1) is 18.8 Å². The smallest absolute Gasteiger partial charge is 0.379 e. The van der Waals surface area contributed by atoms with E-state index in [4.69, 9.17) is 4.74 Å². The van der Waals surface area contributed by atoms with Crippen LogP contribution in [0.2, 0.25) is 0 Å². The molecule has 1 saturated heterocycles. The molecule has 7 heteroatoms. The van der Waals surface area contributed by atoms with Crippen LogP contribution in [0, 0.1) is 0 Å². The Labute approximate surface area is 149 Å². The van der Waals surface area contributed by atoms with Crippen LogP contribution in [0.15, 0.2) is 48.5 Å². The van der Waals surface area contributed by atoms with Crippen LogP contribution in [0.4, 0.5) is 18.9 Å². The third kappa shape index (κ3) is 4.83. The van der Waals surface area contributed by atoms with Crippen molar-refractivity contribution in [1.82, 2.24) is 4.90 Å². The van der Waals surface area contributed by atoms with Crippen molar-refractivity contribution in [2.24, 2.45) is 0 Å².